The molecule has 0 spiro atoms. The van der Waals surface area contributed by atoms with Crippen molar-refractivity contribution >= 4 is 10.4 Å². The third kappa shape index (κ3) is 3.81. The molecule has 1 unspecified atom stereocenters. The lowest BCUT2D eigenvalue weighted by Crippen LogP contribution is -2.25. The zero-order valence-corrected chi connectivity index (χ0v) is 14.1. The summed E-state index contributed by atoms with van der Waals surface area (Å²) in [6.07, 6.45) is 0. The van der Waals surface area contributed by atoms with Crippen molar-refractivity contribution in [3.63, 3.8) is 0 Å². The summed E-state index contributed by atoms with van der Waals surface area (Å²) in [4.78, 5) is 2.18. The molecule has 0 amide bonds. The molecule has 0 aliphatic carbocycles. The molecule has 7 heteroatoms. The first-order valence-electron chi connectivity index (χ1n) is 7.59. The fourth-order valence-corrected chi connectivity index (χ4v) is 3.30. The highest BCUT2D eigenvalue weighted by atomic mass is 32.3. The molecular formula is C17H19FN2O3S. The molecule has 24 heavy (non-hydrogen) atoms. The first kappa shape index (κ1) is 17.0. The van der Waals surface area contributed by atoms with Crippen LogP contribution in [0.4, 0.5) is 4.39 Å². The van der Waals surface area contributed by atoms with E-state index < -0.39 is 10.4 Å². The average molecular weight is 350 g/mol. The minimum Gasteiger partial charge on any atom is -0.593 e. The predicted octanol–water partition coefficient (Wildman–Crippen LogP) is 2.39. The standard InChI is InChI=1S/C17H19FN2O3S/c1-12-2-4-15(18)8-14(12)11-20-6-7-23-17-9-16(24(19,21)22)5-3-13(17)10-20/h2-5,8-9H,6-7,10-11H2,1H3,(H2-,19,21,22). The summed E-state index contributed by atoms with van der Waals surface area (Å²) in [5.74, 6) is 0.278. The topological polar surface area (TPSA) is 78.6 Å². The molecule has 0 saturated carbocycles. The second kappa shape index (κ2) is 6.60. The van der Waals surface area contributed by atoms with Gasteiger partial charge in [-0.05, 0) is 42.3 Å². The maximum Gasteiger partial charge on any atom is 0.178 e. The van der Waals surface area contributed by atoms with Gasteiger partial charge in [-0.1, -0.05) is 10.3 Å². The molecule has 1 aliphatic rings. The van der Waals surface area contributed by atoms with Crippen LogP contribution in [0.2, 0.25) is 0 Å². The van der Waals surface area contributed by atoms with Crippen LogP contribution in [0.25, 0.3) is 0 Å². The summed E-state index contributed by atoms with van der Waals surface area (Å²) in [5.41, 5.74) is 2.85. The Morgan fingerprint density at radius 1 is 1.33 bits per heavy atom. The van der Waals surface area contributed by atoms with Crippen LogP contribution in [0.15, 0.2) is 41.3 Å². The molecule has 2 aromatic rings. The molecule has 0 bridgehead atoms. The van der Waals surface area contributed by atoms with Crippen molar-refractivity contribution in [2.24, 2.45) is 5.14 Å². The number of hydrogen-bond acceptors (Lipinski definition) is 4. The molecule has 3 rings (SSSR count). The van der Waals surface area contributed by atoms with E-state index >= 15 is 0 Å². The van der Waals surface area contributed by atoms with E-state index in [0.29, 0.717) is 32.0 Å². The van der Waals surface area contributed by atoms with Gasteiger partial charge in [-0.2, -0.15) is 0 Å². The summed E-state index contributed by atoms with van der Waals surface area (Å²) < 4.78 is 42.0. The molecule has 0 saturated heterocycles. The quantitative estimate of drug-likeness (QED) is 0.862. The SMILES string of the molecule is Cc1ccc(F)cc1CN1CCOc2cc([S+](N)(=O)[O-])ccc2C1. The van der Waals surface area contributed by atoms with Crippen molar-refractivity contribution in [1.29, 1.82) is 0 Å². The van der Waals surface area contributed by atoms with E-state index in [1.165, 1.54) is 18.2 Å². The number of ether oxygens (including phenoxy) is 1. The van der Waals surface area contributed by atoms with E-state index in [-0.39, 0.29) is 10.7 Å². The lowest BCUT2D eigenvalue weighted by atomic mass is 10.1. The van der Waals surface area contributed by atoms with Crippen LogP contribution in [-0.4, -0.2) is 22.6 Å². The maximum atomic E-state index is 13.5. The Kier molecular flexibility index (Phi) is 4.69. The third-order valence-electron chi connectivity index (χ3n) is 4.13. The Morgan fingerprint density at radius 3 is 2.88 bits per heavy atom. The van der Waals surface area contributed by atoms with E-state index in [2.05, 4.69) is 4.90 Å². The Morgan fingerprint density at radius 2 is 2.12 bits per heavy atom. The van der Waals surface area contributed by atoms with Crippen molar-refractivity contribution in [2.75, 3.05) is 13.2 Å². The molecule has 1 heterocycles. The van der Waals surface area contributed by atoms with E-state index in [1.807, 2.05) is 6.92 Å². The molecule has 2 aromatic carbocycles. The molecule has 1 aliphatic heterocycles. The number of nitrogens with zero attached hydrogens (tertiary/aromatic N) is 1. The zero-order chi connectivity index (χ0) is 17.3. The largest absolute Gasteiger partial charge is 0.593 e. The van der Waals surface area contributed by atoms with Gasteiger partial charge in [-0.15, -0.1) is 5.14 Å². The summed E-state index contributed by atoms with van der Waals surface area (Å²) in [6.45, 7) is 4.24. The van der Waals surface area contributed by atoms with Crippen LogP contribution in [0.1, 0.15) is 16.7 Å². The Labute approximate surface area is 141 Å². The second-order valence-electron chi connectivity index (χ2n) is 5.94. The lowest BCUT2D eigenvalue weighted by molar-refractivity contribution is 0.219. The fraction of sp³-hybridized carbons (Fsp3) is 0.294. The van der Waals surface area contributed by atoms with Gasteiger partial charge in [0.05, 0.1) is 0 Å². The van der Waals surface area contributed by atoms with Crippen LogP contribution < -0.4 is 9.88 Å². The number of sulfonamides is 1. The van der Waals surface area contributed by atoms with Crippen molar-refractivity contribution in [3.8, 4) is 5.75 Å². The van der Waals surface area contributed by atoms with Gasteiger partial charge in [0.25, 0.3) is 0 Å². The van der Waals surface area contributed by atoms with Gasteiger partial charge in [-0.3, -0.25) is 4.90 Å². The van der Waals surface area contributed by atoms with Gasteiger partial charge in [0.1, 0.15) is 18.2 Å². The maximum absolute atomic E-state index is 13.5. The molecule has 128 valence electrons. The number of benzene rings is 2. The third-order valence-corrected chi connectivity index (χ3v) is 5.04. The van der Waals surface area contributed by atoms with Crippen molar-refractivity contribution in [2.45, 2.75) is 24.9 Å². The van der Waals surface area contributed by atoms with Crippen molar-refractivity contribution in [3.05, 3.63) is 58.9 Å². The molecule has 2 N–H and O–H groups in total. The molecule has 0 aromatic heterocycles. The molecule has 1 atom stereocenters. The number of nitrogens with two attached hydrogens (primary N) is 1. The normalized spacial score (nSPS) is 17.5. The Hall–Kier alpha value is -1.80. The van der Waals surface area contributed by atoms with E-state index in [1.54, 1.807) is 18.2 Å². The minimum atomic E-state index is -3.76. The molecule has 0 radical (unpaired) electrons. The zero-order valence-electron chi connectivity index (χ0n) is 13.3. The Bertz CT molecular complexity index is 806. The monoisotopic (exact) mass is 350 g/mol. The van der Waals surface area contributed by atoms with E-state index in [4.69, 9.17) is 9.88 Å². The summed E-state index contributed by atoms with van der Waals surface area (Å²) >= 11 is 0. The number of fused-ring (bicyclic) bond motifs is 1. The summed E-state index contributed by atoms with van der Waals surface area (Å²) in [7, 11) is -3.76. The average Bonchev–Trinajstić information content (AvgIpc) is 2.71. The highest BCUT2D eigenvalue weighted by Gasteiger charge is 2.21. The van der Waals surface area contributed by atoms with E-state index in [9.17, 15) is 13.2 Å². The van der Waals surface area contributed by atoms with Crippen molar-refractivity contribution in [1.82, 2.24) is 4.90 Å². The number of hydrogen-bond donors (Lipinski definition) is 1. The highest BCUT2D eigenvalue weighted by molar-refractivity contribution is 7.95. The number of aryl methyl sites for hydroxylation is 1. The molecular weight excluding hydrogens is 331 g/mol. The van der Waals surface area contributed by atoms with Crippen LogP contribution in [0.3, 0.4) is 0 Å². The van der Waals surface area contributed by atoms with Gasteiger partial charge >= 0.3 is 0 Å². The number of primary sulfonamides is 1. The van der Waals surface area contributed by atoms with Crippen LogP contribution >= 0.6 is 0 Å². The summed E-state index contributed by atoms with van der Waals surface area (Å²) in [5, 5.41) is 5.16. The Balaban J connectivity index is 1.82. The van der Waals surface area contributed by atoms with Crippen LogP contribution in [0.5, 0.6) is 5.75 Å². The minimum absolute atomic E-state index is 0.0377. The fourth-order valence-electron chi connectivity index (χ4n) is 2.77. The van der Waals surface area contributed by atoms with Crippen LogP contribution in [-0.2, 0) is 27.7 Å². The first-order valence-corrected chi connectivity index (χ1v) is 9.13. The second-order valence-corrected chi connectivity index (χ2v) is 7.51. The highest BCUT2D eigenvalue weighted by Crippen LogP contribution is 2.28. The van der Waals surface area contributed by atoms with Gasteiger partial charge in [0.15, 0.2) is 15.3 Å². The van der Waals surface area contributed by atoms with Gasteiger partial charge < -0.3 is 9.29 Å². The predicted molar refractivity (Wildman–Crippen MR) is 88.5 cm³/mol. The summed E-state index contributed by atoms with van der Waals surface area (Å²) in [6, 6.07) is 9.42. The number of halogens is 1. The molecule has 5 nitrogen and oxygen atoms in total. The van der Waals surface area contributed by atoms with Gasteiger partial charge in [0, 0.05) is 31.3 Å². The van der Waals surface area contributed by atoms with Gasteiger partial charge in [0.2, 0.25) is 0 Å². The first-order chi connectivity index (χ1) is 11.3. The van der Waals surface area contributed by atoms with Crippen molar-refractivity contribution < 1.29 is 17.9 Å². The molecule has 0 fully saturated rings. The number of rotatable bonds is 3. The van der Waals surface area contributed by atoms with Crippen LogP contribution in [0, 0.1) is 12.7 Å². The van der Waals surface area contributed by atoms with Gasteiger partial charge in [-0.25, -0.2) is 4.39 Å². The smallest absolute Gasteiger partial charge is 0.178 e. The lowest BCUT2D eigenvalue weighted by Gasteiger charge is -2.20. The van der Waals surface area contributed by atoms with E-state index in [0.717, 1.165) is 16.7 Å².